The monoisotopic (exact) mass is 256 g/mol. The average Bonchev–Trinajstić information content (AvgIpc) is 2.90. The molecule has 0 spiro atoms. The van der Waals surface area contributed by atoms with E-state index in [2.05, 4.69) is 4.90 Å². The number of nitrogens with zero attached hydrogens (tertiary/aromatic N) is 1. The van der Waals surface area contributed by atoms with Crippen LogP contribution in [0.4, 0.5) is 0 Å². The van der Waals surface area contributed by atoms with Gasteiger partial charge in [0.25, 0.3) is 0 Å². The minimum absolute atomic E-state index is 0.466. The quantitative estimate of drug-likeness (QED) is 0.392. The summed E-state index contributed by atoms with van der Waals surface area (Å²) in [6, 6.07) is 0. The van der Waals surface area contributed by atoms with Crippen LogP contribution in [0.5, 0.6) is 0 Å². The molecule has 4 heteroatoms. The molecule has 0 aromatic rings. The average molecular weight is 256 g/mol. The van der Waals surface area contributed by atoms with Crippen molar-refractivity contribution in [2.45, 2.75) is 39.5 Å². The summed E-state index contributed by atoms with van der Waals surface area (Å²) in [5.74, 6) is 1.26. The maximum atomic E-state index is 8.33. The van der Waals surface area contributed by atoms with Crippen LogP contribution in [-0.2, 0) is 9.47 Å². The van der Waals surface area contributed by atoms with Crippen LogP contribution in [0.1, 0.15) is 39.5 Å². The predicted octanol–water partition coefficient (Wildman–Crippen LogP) is 2.53. The van der Waals surface area contributed by atoms with Gasteiger partial charge < -0.3 is 14.4 Å². The van der Waals surface area contributed by atoms with Gasteiger partial charge in [-0.15, -0.1) is 0 Å². The van der Waals surface area contributed by atoms with Crippen molar-refractivity contribution in [2.24, 2.45) is 5.92 Å². The molecule has 1 saturated carbocycles. The Kier molecular flexibility index (Phi) is 8.01. The summed E-state index contributed by atoms with van der Waals surface area (Å²) in [4.78, 5) is 2.14. The molecule has 1 fully saturated rings. The van der Waals surface area contributed by atoms with Gasteiger partial charge in [0.2, 0.25) is 0 Å². The highest BCUT2D eigenvalue weighted by atomic mass is 16.5. The largest absolute Gasteiger partial charge is 0.380 e. The first-order valence-corrected chi connectivity index (χ1v) is 7.28. The number of rotatable bonds is 9. The molecular weight excluding hydrogens is 228 g/mol. The maximum absolute atomic E-state index is 8.33. The van der Waals surface area contributed by atoms with Crippen molar-refractivity contribution in [1.29, 1.82) is 5.41 Å². The fourth-order valence-corrected chi connectivity index (χ4v) is 2.45. The molecule has 0 bridgehead atoms. The van der Waals surface area contributed by atoms with Gasteiger partial charge in [0, 0.05) is 32.2 Å². The molecule has 0 aromatic heterocycles. The molecule has 0 aliphatic heterocycles. The standard InChI is InChI=1S/C14H28N2O2/c1-3-17-11-9-16(10-12-18-4-2)14(15)13-7-5-6-8-13/h13,15H,3-12H2,1-2H3. The molecule has 1 N–H and O–H groups in total. The summed E-state index contributed by atoms with van der Waals surface area (Å²) in [5.41, 5.74) is 0. The van der Waals surface area contributed by atoms with Gasteiger partial charge in [-0.2, -0.15) is 0 Å². The summed E-state index contributed by atoms with van der Waals surface area (Å²) in [7, 11) is 0. The maximum Gasteiger partial charge on any atom is 0.0991 e. The normalized spacial score (nSPS) is 16.1. The van der Waals surface area contributed by atoms with E-state index in [-0.39, 0.29) is 0 Å². The molecule has 0 saturated heterocycles. The summed E-state index contributed by atoms with van der Waals surface area (Å²) in [6.45, 7) is 8.55. The molecule has 0 heterocycles. The van der Waals surface area contributed by atoms with Crippen LogP contribution in [0.15, 0.2) is 0 Å². The Hall–Kier alpha value is -0.610. The van der Waals surface area contributed by atoms with Gasteiger partial charge in [-0.3, -0.25) is 5.41 Å². The Bertz CT molecular complexity index is 218. The topological polar surface area (TPSA) is 45.6 Å². The summed E-state index contributed by atoms with van der Waals surface area (Å²) in [5, 5.41) is 8.33. The summed E-state index contributed by atoms with van der Waals surface area (Å²) < 4.78 is 10.8. The SMILES string of the molecule is CCOCCN(CCOCC)C(=N)C1CCCC1. The van der Waals surface area contributed by atoms with Gasteiger partial charge in [-0.25, -0.2) is 0 Å². The highest BCUT2D eigenvalue weighted by Crippen LogP contribution is 2.26. The molecular formula is C14H28N2O2. The third-order valence-corrected chi connectivity index (χ3v) is 3.50. The molecule has 0 unspecified atom stereocenters. The van der Waals surface area contributed by atoms with Gasteiger partial charge in [0.15, 0.2) is 0 Å². The Balaban J connectivity index is 2.38. The van der Waals surface area contributed by atoms with E-state index in [0.717, 1.165) is 32.1 Å². The van der Waals surface area contributed by atoms with E-state index in [9.17, 15) is 0 Å². The van der Waals surface area contributed by atoms with E-state index >= 15 is 0 Å². The van der Waals surface area contributed by atoms with Crippen LogP contribution in [0.2, 0.25) is 0 Å². The smallest absolute Gasteiger partial charge is 0.0991 e. The lowest BCUT2D eigenvalue weighted by Crippen LogP contribution is -2.39. The fraction of sp³-hybridized carbons (Fsp3) is 0.929. The molecule has 4 nitrogen and oxygen atoms in total. The van der Waals surface area contributed by atoms with Crippen molar-refractivity contribution in [3.8, 4) is 0 Å². The number of nitrogens with one attached hydrogen (secondary N) is 1. The molecule has 0 aromatic carbocycles. The van der Waals surface area contributed by atoms with E-state index in [0.29, 0.717) is 19.1 Å². The van der Waals surface area contributed by atoms with Crippen LogP contribution in [-0.4, -0.2) is 50.3 Å². The van der Waals surface area contributed by atoms with Crippen LogP contribution in [0, 0.1) is 11.3 Å². The first-order chi connectivity index (χ1) is 8.79. The Morgan fingerprint density at radius 2 is 1.56 bits per heavy atom. The number of hydrogen-bond acceptors (Lipinski definition) is 3. The van der Waals surface area contributed by atoms with Crippen molar-refractivity contribution in [1.82, 2.24) is 4.90 Å². The zero-order valence-electron chi connectivity index (χ0n) is 11.9. The highest BCUT2D eigenvalue weighted by Gasteiger charge is 2.23. The van der Waals surface area contributed by atoms with Gasteiger partial charge in [0.1, 0.15) is 0 Å². The zero-order chi connectivity index (χ0) is 13.2. The lowest BCUT2D eigenvalue weighted by molar-refractivity contribution is 0.105. The second-order valence-corrected chi connectivity index (χ2v) is 4.75. The number of amidine groups is 1. The third kappa shape index (κ3) is 5.36. The minimum Gasteiger partial charge on any atom is -0.380 e. The van der Waals surface area contributed by atoms with Gasteiger partial charge in [0.05, 0.1) is 19.0 Å². The predicted molar refractivity (Wildman–Crippen MR) is 74.2 cm³/mol. The highest BCUT2D eigenvalue weighted by molar-refractivity contribution is 5.81. The van der Waals surface area contributed by atoms with E-state index in [1.807, 2.05) is 13.8 Å². The number of hydrogen-bond donors (Lipinski definition) is 1. The second kappa shape index (κ2) is 9.34. The van der Waals surface area contributed by atoms with Crippen molar-refractivity contribution < 1.29 is 9.47 Å². The molecule has 18 heavy (non-hydrogen) atoms. The molecule has 0 atom stereocenters. The number of ether oxygens (including phenoxy) is 2. The van der Waals surface area contributed by atoms with Crippen molar-refractivity contribution in [3.05, 3.63) is 0 Å². The molecule has 106 valence electrons. The third-order valence-electron chi connectivity index (χ3n) is 3.50. The van der Waals surface area contributed by atoms with Crippen LogP contribution >= 0.6 is 0 Å². The molecule has 1 aliphatic rings. The zero-order valence-corrected chi connectivity index (χ0v) is 11.9. The van der Waals surface area contributed by atoms with E-state index in [1.165, 1.54) is 25.7 Å². The van der Waals surface area contributed by atoms with Crippen molar-refractivity contribution in [3.63, 3.8) is 0 Å². The lowest BCUT2D eigenvalue weighted by atomic mass is 10.1. The van der Waals surface area contributed by atoms with Gasteiger partial charge >= 0.3 is 0 Å². The molecule has 1 aliphatic carbocycles. The second-order valence-electron chi connectivity index (χ2n) is 4.75. The Morgan fingerprint density at radius 3 is 2.00 bits per heavy atom. The summed E-state index contributed by atoms with van der Waals surface area (Å²) in [6.07, 6.45) is 4.91. The molecule has 0 amide bonds. The lowest BCUT2D eigenvalue weighted by Gasteiger charge is -2.28. The van der Waals surface area contributed by atoms with Crippen LogP contribution in [0.25, 0.3) is 0 Å². The summed E-state index contributed by atoms with van der Waals surface area (Å²) >= 11 is 0. The minimum atomic E-state index is 0.466. The fourth-order valence-electron chi connectivity index (χ4n) is 2.45. The van der Waals surface area contributed by atoms with Gasteiger partial charge in [-0.05, 0) is 26.7 Å². The van der Waals surface area contributed by atoms with Crippen molar-refractivity contribution >= 4 is 5.84 Å². The Morgan fingerprint density at radius 1 is 1.06 bits per heavy atom. The van der Waals surface area contributed by atoms with E-state index < -0.39 is 0 Å². The Labute approximate surface area is 111 Å². The first kappa shape index (κ1) is 15.4. The van der Waals surface area contributed by atoms with Gasteiger partial charge in [-0.1, -0.05) is 12.8 Å². The van der Waals surface area contributed by atoms with E-state index in [1.54, 1.807) is 0 Å². The van der Waals surface area contributed by atoms with E-state index in [4.69, 9.17) is 14.9 Å². The molecule has 0 radical (unpaired) electrons. The first-order valence-electron chi connectivity index (χ1n) is 7.28. The molecule has 1 rings (SSSR count). The van der Waals surface area contributed by atoms with Crippen LogP contribution in [0.3, 0.4) is 0 Å². The van der Waals surface area contributed by atoms with Crippen LogP contribution < -0.4 is 0 Å². The van der Waals surface area contributed by atoms with Crippen molar-refractivity contribution in [2.75, 3.05) is 39.5 Å².